The predicted octanol–water partition coefficient (Wildman–Crippen LogP) is 4.19. The Morgan fingerprint density at radius 1 is 1.36 bits per heavy atom. The minimum Gasteiger partial charge on any atom is -0.497 e. The highest BCUT2D eigenvalue weighted by atomic mass is 32.1. The molecule has 0 saturated carbocycles. The van der Waals surface area contributed by atoms with Gasteiger partial charge >= 0.3 is 5.97 Å². The number of carboxylic acids is 1. The maximum Gasteiger partial charge on any atom is 0.308 e. The van der Waals surface area contributed by atoms with Crippen LogP contribution in [0.1, 0.15) is 35.8 Å². The molecule has 0 amide bonds. The van der Waals surface area contributed by atoms with Gasteiger partial charge in [0.15, 0.2) is 0 Å². The van der Waals surface area contributed by atoms with Crippen LogP contribution in [0.3, 0.4) is 0 Å². The van der Waals surface area contributed by atoms with Crippen LogP contribution in [-0.4, -0.2) is 52.8 Å². The quantitative estimate of drug-likeness (QED) is 0.510. The van der Waals surface area contributed by atoms with E-state index >= 15 is 0 Å². The summed E-state index contributed by atoms with van der Waals surface area (Å²) in [6, 6.07) is 11.4. The van der Waals surface area contributed by atoms with E-state index in [0.29, 0.717) is 31.7 Å². The number of fused-ring (bicyclic) bond motifs is 1. The van der Waals surface area contributed by atoms with Gasteiger partial charge in [-0.1, -0.05) is 17.9 Å². The number of aliphatic hydroxyl groups is 1. The zero-order valence-corrected chi connectivity index (χ0v) is 19.4. The van der Waals surface area contributed by atoms with Crippen molar-refractivity contribution in [2.75, 3.05) is 26.7 Å². The van der Waals surface area contributed by atoms with Crippen LogP contribution in [0.25, 0.3) is 10.9 Å². The molecule has 0 aliphatic carbocycles. The molecule has 1 aliphatic rings. The molecule has 1 saturated heterocycles. The number of ether oxygens (including phenoxy) is 1. The topological polar surface area (TPSA) is 82.9 Å². The zero-order chi connectivity index (χ0) is 23.2. The third-order valence-corrected chi connectivity index (χ3v) is 7.13. The number of nitrogens with zero attached hydrogens (tertiary/aromatic N) is 2. The van der Waals surface area contributed by atoms with Crippen LogP contribution in [-0.2, 0) is 4.79 Å². The van der Waals surface area contributed by atoms with Gasteiger partial charge in [-0.25, -0.2) is 0 Å². The summed E-state index contributed by atoms with van der Waals surface area (Å²) in [4.78, 5) is 19.5. The van der Waals surface area contributed by atoms with E-state index in [4.69, 9.17) is 4.74 Å². The molecule has 3 heterocycles. The predicted molar refractivity (Wildman–Crippen MR) is 129 cm³/mol. The first-order valence-corrected chi connectivity index (χ1v) is 12.0. The van der Waals surface area contributed by atoms with Crippen molar-refractivity contribution in [3.05, 3.63) is 58.4 Å². The Morgan fingerprint density at radius 2 is 2.24 bits per heavy atom. The van der Waals surface area contributed by atoms with Crippen molar-refractivity contribution in [1.82, 2.24) is 9.88 Å². The molecule has 2 aromatic heterocycles. The molecule has 0 radical (unpaired) electrons. The number of hydrogen-bond donors (Lipinski definition) is 2. The van der Waals surface area contributed by atoms with Crippen LogP contribution >= 0.6 is 11.3 Å². The fraction of sp³-hybridized carbons (Fsp3) is 0.385. The van der Waals surface area contributed by atoms with Gasteiger partial charge in [-0.05, 0) is 73.0 Å². The van der Waals surface area contributed by atoms with E-state index in [-0.39, 0.29) is 5.92 Å². The van der Waals surface area contributed by atoms with Crippen molar-refractivity contribution in [1.29, 1.82) is 0 Å². The molecule has 0 bridgehead atoms. The SMILES string of the molecule is COc1ccc2nccc([C@@H](O)CC[C@@H]3CCN(CC#Cc4cccs4)C[C@@H]3C(=O)O)c2c1. The number of aliphatic carboxylic acids is 1. The number of benzene rings is 1. The van der Waals surface area contributed by atoms with Crippen LogP contribution in [0, 0.1) is 23.7 Å². The number of thiophene rings is 1. The summed E-state index contributed by atoms with van der Waals surface area (Å²) in [6.45, 7) is 1.88. The number of carbonyl (C=O) groups is 1. The van der Waals surface area contributed by atoms with Crippen molar-refractivity contribution < 1.29 is 19.7 Å². The second kappa shape index (κ2) is 10.8. The average molecular weight is 465 g/mol. The van der Waals surface area contributed by atoms with Crippen LogP contribution in [0.4, 0.5) is 0 Å². The molecular formula is C26H28N2O4S. The molecule has 1 aromatic carbocycles. The Kier molecular flexibility index (Phi) is 7.61. The molecule has 2 N–H and O–H groups in total. The molecule has 3 aromatic rings. The smallest absolute Gasteiger partial charge is 0.308 e. The van der Waals surface area contributed by atoms with Gasteiger partial charge in [-0.15, -0.1) is 11.3 Å². The molecule has 3 atom stereocenters. The van der Waals surface area contributed by atoms with Crippen LogP contribution in [0.15, 0.2) is 48.0 Å². The first-order chi connectivity index (χ1) is 16.0. The highest BCUT2D eigenvalue weighted by Crippen LogP contribution is 2.33. The highest BCUT2D eigenvalue weighted by molar-refractivity contribution is 7.10. The van der Waals surface area contributed by atoms with Gasteiger partial charge in [0.25, 0.3) is 0 Å². The Morgan fingerprint density at radius 3 is 3.00 bits per heavy atom. The number of aromatic nitrogens is 1. The molecule has 4 rings (SSSR count). The molecule has 1 aliphatic heterocycles. The Labute approximate surface area is 197 Å². The summed E-state index contributed by atoms with van der Waals surface area (Å²) in [5.41, 5.74) is 1.60. The van der Waals surface area contributed by atoms with Crippen LogP contribution in [0.5, 0.6) is 5.75 Å². The van der Waals surface area contributed by atoms with E-state index in [0.717, 1.165) is 34.3 Å². The monoisotopic (exact) mass is 464 g/mol. The molecule has 7 heteroatoms. The summed E-state index contributed by atoms with van der Waals surface area (Å²) in [6.07, 6.45) is 2.95. The maximum absolute atomic E-state index is 12.0. The van der Waals surface area contributed by atoms with Gasteiger partial charge in [0.05, 0.1) is 36.1 Å². The van der Waals surface area contributed by atoms with Gasteiger partial charge in [-0.2, -0.15) is 0 Å². The van der Waals surface area contributed by atoms with E-state index in [1.807, 2.05) is 41.8 Å². The number of likely N-dealkylation sites (tertiary alicyclic amines) is 1. The van der Waals surface area contributed by atoms with Crippen molar-refractivity contribution in [2.24, 2.45) is 11.8 Å². The minimum absolute atomic E-state index is 0.0290. The standard InChI is InChI=1S/C26H28N2O4S/c1-32-19-7-8-24-22(16-19)21(10-12-27-24)25(29)9-6-18-11-14-28(17-23(18)26(30)31)13-2-4-20-5-3-15-33-20/h3,5,7-8,10,12,15-16,18,23,25,29H,6,9,11,13-14,17H2,1H3,(H,30,31)/t18-,23+,25+/m1/s1. The van der Waals surface area contributed by atoms with Crippen LogP contribution < -0.4 is 4.74 Å². The molecule has 1 fully saturated rings. The fourth-order valence-electron chi connectivity index (χ4n) is 4.52. The summed E-state index contributed by atoms with van der Waals surface area (Å²) in [5.74, 6) is 5.82. The van der Waals surface area contributed by atoms with E-state index < -0.39 is 18.0 Å². The second-order valence-corrected chi connectivity index (χ2v) is 9.33. The van der Waals surface area contributed by atoms with Crippen molar-refractivity contribution in [3.63, 3.8) is 0 Å². The number of hydrogen-bond acceptors (Lipinski definition) is 6. The molecule has 0 unspecified atom stereocenters. The third kappa shape index (κ3) is 5.72. The van der Waals surface area contributed by atoms with Gasteiger partial charge in [-0.3, -0.25) is 14.7 Å². The van der Waals surface area contributed by atoms with E-state index in [1.165, 1.54) is 0 Å². The summed E-state index contributed by atoms with van der Waals surface area (Å²) < 4.78 is 5.32. The lowest BCUT2D eigenvalue weighted by Crippen LogP contribution is -2.44. The van der Waals surface area contributed by atoms with Gasteiger partial charge in [0, 0.05) is 18.1 Å². The number of pyridine rings is 1. The van der Waals surface area contributed by atoms with Gasteiger partial charge in [0.2, 0.25) is 0 Å². The van der Waals surface area contributed by atoms with Crippen molar-refractivity contribution >= 4 is 28.2 Å². The van der Waals surface area contributed by atoms with E-state index in [1.54, 1.807) is 24.6 Å². The second-order valence-electron chi connectivity index (χ2n) is 8.38. The van der Waals surface area contributed by atoms with Gasteiger partial charge < -0.3 is 14.9 Å². The first kappa shape index (κ1) is 23.2. The van der Waals surface area contributed by atoms with Crippen LogP contribution in [0.2, 0.25) is 0 Å². The number of carboxylic acid groups (broad SMARTS) is 1. The highest BCUT2D eigenvalue weighted by Gasteiger charge is 2.34. The van der Waals surface area contributed by atoms with E-state index in [9.17, 15) is 15.0 Å². The largest absolute Gasteiger partial charge is 0.497 e. The minimum atomic E-state index is -0.774. The molecular weight excluding hydrogens is 436 g/mol. The molecule has 33 heavy (non-hydrogen) atoms. The lowest BCUT2D eigenvalue weighted by atomic mass is 9.81. The first-order valence-electron chi connectivity index (χ1n) is 11.1. The lowest BCUT2D eigenvalue weighted by molar-refractivity contribution is -0.146. The third-order valence-electron chi connectivity index (χ3n) is 6.35. The molecule has 6 nitrogen and oxygen atoms in total. The molecule has 0 spiro atoms. The average Bonchev–Trinajstić information content (AvgIpc) is 3.35. The Bertz CT molecular complexity index is 1150. The number of piperidine rings is 1. The fourth-order valence-corrected chi connectivity index (χ4v) is 5.11. The lowest BCUT2D eigenvalue weighted by Gasteiger charge is -2.36. The number of aliphatic hydroxyl groups excluding tert-OH is 1. The normalized spacial score (nSPS) is 19.6. The molecule has 172 valence electrons. The van der Waals surface area contributed by atoms with E-state index in [2.05, 4.69) is 21.7 Å². The van der Waals surface area contributed by atoms with Gasteiger partial charge in [0.1, 0.15) is 5.75 Å². The summed E-state index contributed by atoms with van der Waals surface area (Å²) in [5, 5.41) is 23.6. The summed E-state index contributed by atoms with van der Waals surface area (Å²) >= 11 is 1.60. The Balaban J connectivity index is 1.38. The Hall–Kier alpha value is -2.92. The van der Waals surface area contributed by atoms with Crippen molar-refractivity contribution in [2.45, 2.75) is 25.4 Å². The summed E-state index contributed by atoms with van der Waals surface area (Å²) in [7, 11) is 1.61. The number of methoxy groups -OCH3 is 1. The zero-order valence-electron chi connectivity index (χ0n) is 18.6. The number of rotatable bonds is 7. The van der Waals surface area contributed by atoms with Crippen molar-refractivity contribution in [3.8, 4) is 17.6 Å². The maximum atomic E-state index is 12.0.